The first-order valence-electron chi connectivity index (χ1n) is 9.48. The zero-order chi connectivity index (χ0) is 20.0. The van der Waals surface area contributed by atoms with Gasteiger partial charge < -0.3 is 5.32 Å². The lowest BCUT2D eigenvalue weighted by Crippen LogP contribution is -2.28. The van der Waals surface area contributed by atoms with Gasteiger partial charge in [0.15, 0.2) is 0 Å². The molecule has 1 fully saturated rings. The number of nitrogens with zero attached hydrogens (tertiary/aromatic N) is 1. The largest absolute Gasteiger partial charge is 0.351 e. The highest BCUT2D eigenvalue weighted by atomic mass is 32.2. The van der Waals surface area contributed by atoms with Crippen molar-refractivity contribution in [3.63, 3.8) is 0 Å². The van der Waals surface area contributed by atoms with Crippen molar-refractivity contribution in [3.05, 3.63) is 65.2 Å². The summed E-state index contributed by atoms with van der Waals surface area (Å²) in [6.45, 7) is 3.80. The maximum absolute atomic E-state index is 12.5. The predicted octanol–water partition coefficient (Wildman–Crippen LogP) is 3.44. The van der Waals surface area contributed by atoms with Gasteiger partial charge in [-0.1, -0.05) is 29.8 Å². The summed E-state index contributed by atoms with van der Waals surface area (Å²) in [5.74, 6) is 1.56. The molecule has 0 atom stereocenters. The molecule has 5 nitrogen and oxygen atoms in total. The van der Waals surface area contributed by atoms with Crippen LogP contribution in [0.25, 0.3) is 0 Å². The van der Waals surface area contributed by atoms with E-state index in [1.54, 1.807) is 23.9 Å². The van der Waals surface area contributed by atoms with Crippen LogP contribution in [0.5, 0.6) is 0 Å². The third-order valence-electron chi connectivity index (χ3n) is 4.70. The van der Waals surface area contributed by atoms with E-state index in [-0.39, 0.29) is 10.8 Å². The van der Waals surface area contributed by atoms with Gasteiger partial charge in [-0.15, -0.1) is 0 Å². The van der Waals surface area contributed by atoms with Crippen molar-refractivity contribution < 1.29 is 13.2 Å². The Hall–Kier alpha value is -1.83. The summed E-state index contributed by atoms with van der Waals surface area (Å²) in [5.41, 5.74) is 3.01. The van der Waals surface area contributed by atoms with Crippen molar-refractivity contribution in [1.82, 2.24) is 9.62 Å². The van der Waals surface area contributed by atoms with Crippen LogP contribution in [0.3, 0.4) is 0 Å². The average Bonchev–Trinajstić information content (AvgIpc) is 3.23. The molecule has 28 heavy (non-hydrogen) atoms. The minimum Gasteiger partial charge on any atom is -0.351 e. The first kappa shape index (κ1) is 20.9. The van der Waals surface area contributed by atoms with E-state index in [1.165, 1.54) is 27.6 Å². The standard InChI is InChI=1S/C21H26N2O3S2/c1-17-5-4-6-18(15-17)16-27-14-11-22-21(24)19-7-9-20(10-8-19)28(25,26)23-12-2-3-13-23/h4-10,15H,2-3,11-14,16H2,1H3,(H,22,24). The summed E-state index contributed by atoms with van der Waals surface area (Å²) >= 11 is 1.77. The zero-order valence-electron chi connectivity index (χ0n) is 16.1. The second kappa shape index (κ2) is 9.58. The Labute approximate surface area is 171 Å². The Kier molecular flexibility index (Phi) is 7.15. The van der Waals surface area contributed by atoms with Gasteiger partial charge in [0.2, 0.25) is 10.0 Å². The zero-order valence-corrected chi connectivity index (χ0v) is 17.7. The van der Waals surface area contributed by atoms with Crippen LogP contribution in [-0.2, 0) is 15.8 Å². The highest BCUT2D eigenvalue weighted by molar-refractivity contribution is 7.98. The molecule has 0 aliphatic carbocycles. The number of carbonyl (C=O) groups is 1. The van der Waals surface area contributed by atoms with Crippen LogP contribution in [0.4, 0.5) is 0 Å². The molecule has 2 aromatic rings. The van der Waals surface area contributed by atoms with Crippen LogP contribution in [0, 0.1) is 6.92 Å². The molecule has 0 radical (unpaired) electrons. The third-order valence-corrected chi connectivity index (χ3v) is 7.65. The first-order chi connectivity index (χ1) is 13.5. The number of amides is 1. The number of hydrogen-bond donors (Lipinski definition) is 1. The van der Waals surface area contributed by atoms with E-state index in [9.17, 15) is 13.2 Å². The Balaban J connectivity index is 1.45. The fourth-order valence-electron chi connectivity index (χ4n) is 3.19. The van der Waals surface area contributed by atoms with Crippen molar-refractivity contribution in [3.8, 4) is 0 Å². The summed E-state index contributed by atoms with van der Waals surface area (Å²) in [6, 6.07) is 14.6. The quantitative estimate of drug-likeness (QED) is 0.667. The Morgan fingerprint density at radius 2 is 1.82 bits per heavy atom. The Morgan fingerprint density at radius 1 is 1.11 bits per heavy atom. The van der Waals surface area contributed by atoms with E-state index in [0.717, 1.165) is 24.3 Å². The van der Waals surface area contributed by atoms with Crippen molar-refractivity contribution in [2.24, 2.45) is 0 Å². The van der Waals surface area contributed by atoms with Gasteiger partial charge >= 0.3 is 0 Å². The third kappa shape index (κ3) is 5.37. The van der Waals surface area contributed by atoms with Crippen LogP contribution in [-0.4, -0.2) is 44.0 Å². The molecule has 0 unspecified atom stereocenters. The van der Waals surface area contributed by atoms with E-state index < -0.39 is 10.0 Å². The summed E-state index contributed by atoms with van der Waals surface area (Å²) in [7, 11) is -3.44. The number of rotatable bonds is 8. The topological polar surface area (TPSA) is 66.5 Å². The van der Waals surface area contributed by atoms with Gasteiger partial charge in [0, 0.05) is 36.7 Å². The van der Waals surface area contributed by atoms with Crippen LogP contribution in [0.15, 0.2) is 53.4 Å². The lowest BCUT2D eigenvalue weighted by atomic mass is 10.2. The monoisotopic (exact) mass is 418 g/mol. The van der Waals surface area contributed by atoms with Gasteiger partial charge in [-0.25, -0.2) is 8.42 Å². The van der Waals surface area contributed by atoms with Crippen molar-refractivity contribution in [1.29, 1.82) is 0 Å². The molecule has 3 rings (SSSR count). The first-order valence-corrected chi connectivity index (χ1v) is 12.1. The fraction of sp³-hybridized carbons (Fsp3) is 0.381. The summed E-state index contributed by atoms with van der Waals surface area (Å²) < 4.78 is 26.5. The van der Waals surface area contributed by atoms with E-state index in [0.29, 0.717) is 25.2 Å². The smallest absolute Gasteiger partial charge is 0.251 e. The molecule has 1 amide bonds. The minimum atomic E-state index is -3.44. The SMILES string of the molecule is Cc1cccc(CSCCNC(=O)c2ccc(S(=O)(=O)N3CCCC3)cc2)c1. The number of sulfonamides is 1. The molecule has 1 heterocycles. The molecule has 7 heteroatoms. The molecule has 2 aromatic carbocycles. The number of thioether (sulfide) groups is 1. The number of nitrogens with one attached hydrogen (secondary N) is 1. The molecule has 1 saturated heterocycles. The van der Waals surface area contributed by atoms with Crippen molar-refractivity contribution in [2.45, 2.75) is 30.4 Å². The molecule has 1 N–H and O–H groups in total. The lowest BCUT2D eigenvalue weighted by molar-refractivity contribution is 0.0956. The van der Waals surface area contributed by atoms with E-state index in [4.69, 9.17) is 0 Å². The summed E-state index contributed by atoms with van der Waals surface area (Å²) in [6.07, 6.45) is 1.81. The Morgan fingerprint density at radius 3 is 2.50 bits per heavy atom. The van der Waals surface area contributed by atoms with Crippen LogP contribution < -0.4 is 5.32 Å². The molecule has 150 valence electrons. The van der Waals surface area contributed by atoms with Gasteiger partial charge in [-0.2, -0.15) is 16.1 Å². The van der Waals surface area contributed by atoms with Crippen LogP contribution in [0.1, 0.15) is 34.3 Å². The van der Waals surface area contributed by atoms with Gasteiger partial charge in [0.1, 0.15) is 0 Å². The molecule has 1 aliphatic heterocycles. The van der Waals surface area contributed by atoms with Gasteiger partial charge in [0.05, 0.1) is 4.90 Å². The molecular weight excluding hydrogens is 392 g/mol. The number of carbonyl (C=O) groups excluding carboxylic acids is 1. The van der Waals surface area contributed by atoms with E-state index in [1.807, 2.05) is 0 Å². The van der Waals surface area contributed by atoms with Crippen LogP contribution in [0.2, 0.25) is 0 Å². The molecule has 0 aromatic heterocycles. The number of hydrogen-bond acceptors (Lipinski definition) is 4. The van der Waals surface area contributed by atoms with Crippen molar-refractivity contribution >= 4 is 27.7 Å². The Bertz CT molecular complexity index is 906. The lowest BCUT2D eigenvalue weighted by Gasteiger charge is -2.15. The highest BCUT2D eigenvalue weighted by Gasteiger charge is 2.27. The van der Waals surface area contributed by atoms with Gasteiger partial charge in [-0.05, 0) is 49.6 Å². The number of benzene rings is 2. The molecule has 0 spiro atoms. The summed E-state index contributed by atoms with van der Waals surface area (Å²) in [4.78, 5) is 12.5. The average molecular weight is 419 g/mol. The molecule has 0 saturated carbocycles. The minimum absolute atomic E-state index is 0.179. The van der Waals surface area contributed by atoms with E-state index >= 15 is 0 Å². The predicted molar refractivity (Wildman–Crippen MR) is 114 cm³/mol. The molecule has 0 bridgehead atoms. The van der Waals surface area contributed by atoms with Gasteiger partial charge in [-0.3, -0.25) is 4.79 Å². The van der Waals surface area contributed by atoms with Crippen molar-refractivity contribution in [2.75, 3.05) is 25.4 Å². The van der Waals surface area contributed by atoms with Gasteiger partial charge in [0.25, 0.3) is 5.91 Å². The van der Waals surface area contributed by atoms with E-state index in [2.05, 4.69) is 36.5 Å². The maximum Gasteiger partial charge on any atom is 0.251 e. The second-order valence-electron chi connectivity index (χ2n) is 6.93. The van der Waals surface area contributed by atoms with Crippen LogP contribution >= 0.6 is 11.8 Å². The fourth-order valence-corrected chi connectivity index (χ4v) is 5.51. The molecular formula is C21H26N2O3S2. The maximum atomic E-state index is 12.5. The normalized spacial score (nSPS) is 14.9. The highest BCUT2D eigenvalue weighted by Crippen LogP contribution is 2.21. The molecule has 1 aliphatic rings. The number of aryl methyl sites for hydroxylation is 1. The second-order valence-corrected chi connectivity index (χ2v) is 9.98. The summed E-state index contributed by atoms with van der Waals surface area (Å²) in [5, 5.41) is 2.89.